The summed E-state index contributed by atoms with van der Waals surface area (Å²) < 4.78 is 5.71. The lowest BCUT2D eigenvalue weighted by Crippen LogP contribution is -2.42. The van der Waals surface area contributed by atoms with Crippen molar-refractivity contribution in [3.05, 3.63) is 29.8 Å². The molecule has 0 spiro atoms. The van der Waals surface area contributed by atoms with Crippen LogP contribution in [0.15, 0.2) is 24.3 Å². The van der Waals surface area contributed by atoms with E-state index in [9.17, 15) is 4.79 Å². The minimum atomic E-state index is -0.445. The molecule has 5 heteroatoms. The van der Waals surface area contributed by atoms with Crippen molar-refractivity contribution >= 4 is 18.3 Å². The molecule has 23 heavy (non-hydrogen) atoms. The third-order valence-electron chi connectivity index (χ3n) is 3.55. The highest BCUT2D eigenvalue weighted by Gasteiger charge is 2.22. The van der Waals surface area contributed by atoms with E-state index >= 15 is 0 Å². The number of carbonyl (C=O) groups is 1. The Morgan fingerprint density at radius 1 is 1.26 bits per heavy atom. The molecule has 0 bridgehead atoms. The van der Waals surface area contributed by atoms with Crippen LogP contribution >= 0.6 is 12.4 Å². The Hall–Kier alpha value is -1.26. The summed E-state index contributed by atoms with van der Waals surface area (Å²) in [5, 5.41) is 3.10. The van der Waals surface area contributed by atoms with Crippen molar-refractivity contribution < 1.29 is 9.53 Å². The quantitative estimate of drug-likeness (QED) is 0.716. The standard InChI is InChI=1S/C18H30N2O2.ClH/c1-5-9-15(19)18(21)20-16(12-13(3)4)14-10-7-8-11-17(14)22-6-2;/h7-8,10-11,13,15-16H,5-6,9,12,19H2,1-4H3,(H,20,21);1H. The topological polar surface area (TPSA) is 64.4 Å². The van der Waals surface area contributed by atoms with E-state index < -0.39 is 6.04 Å². The minimum Gasteiger partial charge on any atom is -0.494 e. The predicted molar refractivity (Wildman–Crippen MR) is 98.1 cm³/mol. The highest BCUT2D eigenvalue weighted by Crippen LogP contribution is 2.29. The number of nitrogens with two attached hydrogens (primary N) is 1. The van der Waals surface area contributed by atoms with Gasteiger partial charge in [-0.25, -0.2) is 0 Å². The highest BCUT2D eigenvalue weighted by atomic mass is 35.5. The monoisotopic (exact) mass is 342 g/mol. The first-order valence-corrected chi connectivity index (χ1v) is 8.27. The van der Waals surface area contributed by atoms with Gasteiger partial charge in [0, 0.05) is 5.56 Å². The van der Waals surface area contributed by atoms with Gasteiger partial charge in [-0.3, -0.25) is 4.79 Å². The second-order valence-corrected chi connectivity index (χ2v) is 6.06. The third kappa shape index (κ3) is 7.23. The molecule has 0 aliphatic carbocycles. The maximum absolute atomic E-state index is 12.3. The molecule has 0 fully saturated rings. The number of para-hydroxylation sites is 1. The van der Waals surface area contributed by atoms with E-state index in [0.29, 0.717) is 18.9 Å². The van der Waals surface area contributed by atoms with Crippen LogP contribution in [0, 0.1) is 5.92 Å². The van der Waals surface area contributed by atoms with Gasteiger partial charge in [0.15, 0.2) is 0 Å². The smallest absolute Gasteiger partial charge is 0.237 e. The Kier molecular flexibility index (Phi) is 10.7. The Bertz CT molecular complexity index is 466. The summed E-state index contributed by atoms with van der Waals surface area (Å²) in [7, 11) is 0. The fourth-order valence-electron chi connectivity index (χ4n) is 2.51. The van der Waals surface area contributed by atoms with E-state index in [1.165, 1.54) is 0 Å². The molecule has 132 valence electrons. The number of ether oxygens (including phenoxy) is 1. The first-order valence-electron chi connectivity index (χ1n) is 8.27. The Labute approximate surface area is 146 Å². The van der Waals surface area contributed by atoms with E-state index in [0.717, 1.165) is 24.2 Å². The summed E-state index contributed by atoms with van der Waals surface area (Å²) >= 11 is 0. The maximum atomic E-state index is 12.3. The van der Waals surface area contributed by atoms with E-state index in [1.54, 1.807) is 0 Å². The summed E-state index contributed by atoms with van der Waals surface area (Å²) in [6.45, 7) is 8.89. The molecule has 1 aromatic rings. The zero-order chi connectivity index (χ0) is 16.5. The van der Waals surface area contributed by atoms with Gasteiger partial charge in [-0.05, 0) is 31.7 Å². The van der Waals surface area contributed by atoms with Gasteiger partial charge in [0.1, 0.15) is 5.75 Å². The van der Waals surface area contributed by atoms with Gasteiger partial charge < -0.3 is 15.8 Å². The van der Waals surface area contributed by atoms with Gasteiger partial charge in [0.05, 0.1) is 18.7 Å². The van der Waals surface area contributed by atoms with Crippen LogP contribution in [0.3, 0.4) is 0 Å². The fourth-order valence-corrected chi connectivity index (χ4v) is 2.51. The summed E-state index contributed by atoms with van der Waals surface area (Å²) in [5.41, 5.74) is 6.96. The molecular weight excluding hydrogens is 312 g/mol. The van der Waals surface area contributed by atoms with Crippen molar-refractivity contribution in [1.82, 2.24) is 5.32 Å². The van der Waals surface area contributed by atoms with Gasteiger partial charge in [-0.1, -0.05) is 45.4 Å². The van der Waals surface area contributed by atoms with Crippen molar-refractivity contribution in [3.8, 4) is 5.75 Å². The normalized spacial score (nSPS) is 13.1. The molecule has 0 saturated heterocycles. The van der Waals surface area contributed by atoms with E-state index in [4.69, 9.17) is 10.5 Å². The van der Waals surface area contributed by atoms with Crippen molar-refractivity contribution in [3.63, 3.8) is 0 Å². The predicted octanol–water partition coefficient (Wildman–Crippen LogP) is 3.84. The Balaban J connectivity index is 0.00000484. The molecule has 0 aliphatic heterocycles. The van der Waals surface area contributed by atoms with Crippen LogP contribution in [-0.2, 0) is 4.79 Å². The number of hydrogen-bond acceptors (Lipinski definition) is 3. The lowest BCUT2D eigenvalue weighted by Gasteiger charge is -2.25. The van der Waals surface area contributed by atoms with Crippen LogP contribution in [0.2, 0.25) is 0 Å². The average Bonchev–Trinajstić information content (AvgIpc) is 2.47. The minimum absolute atomic E-state index is 0. The first kappa shape index (κ1) is 21.7. The largest absolute Gasteiger partial charge is 0.494 e. The van der Waals surface area contributed by atoms with Crippen molar-refractivity contribution in [1.29, 1.82) is 0 Å². The third-order valence-corrected chi connectivity index (χ3v) is 3.55. The van der Waals surface area contributed by atoms with E-state index in [1.807, 2.05) is 38.1 Å². The molecule has 0 radical (unpaired) electrons. The highest BCUT2D eigenvalue weighted by molar-refractivity contribution is 5.85. The summed E-state index contributed by atoms with van der Waals surface area (Å²) in [5.74, 6) is 1.21. The van der Waals surface area contributed by atoms with Gasteiger partial charge in [0.25, 0.3) is 0 Å². The fraction of sp³-hybridized carbons (Fsp3) is 0.611. The number of rotatable bonds is 9. The number of nitrogens with one attached hydrogen (secondary N) is 1. The molecule has 0 heterocycles. The number of benzene rings is 1. The number of amides is 1. The lowest BCUT2D eigenvalue weighted by molar-refractivity contribution is -0.123. The second kappa shape index (κ2) is 11.3. The summed E-state index contributed by atoms with van der Waals surface area (Å²) in [6.07, 6.45) is 2.46. The number of halogens is 1. The molecule has 0 saturated carbocycles. The van der Waals surface area contributed by atoms with Crippen LogP contribution in [0.1, 0.15) is 58.6 Å². The summed E-state index contributed by atoms with van der Waals surface area (Å²) in [4.78, 5) is 12.3. The molecule has 0 aromatic heterocycles. The van der Waals surface area contributed by atoms with Crippen molar-refractivity contribution in [2.24, 2.45) is 11.7 Å². The maximum Gasteiger partial charge on any atom is 0.237 e. The van der Waals surface area contributed by atoms with Crippen LogP contribution in [0.25, 0.3) is 0 Å². The number of carbonyl (C=O) groups excluding carboxylic acids is 1. The van der Waals surface area contributed by atoms with Crippen LogP contribution in [0.4, 0.5) is 0 Å². The zero-order valence-electron chi connectivity index (χ0n) is 14.7. The summed E-state index contributed by atoms with van der Waals surface area (Å²) in [6, 6.07) is 7.38. The zero-order valence-corrected chi connectivity index (χ0v) is 15.5. The molecule has 1 rings (SSSR count). The molecule has 2 unspecified atom stereocenters. The lowest BCUT2D eigenvalue weighted by atomic mass is 9.95. The second-order valence-electron chi connectivity index (χ2n) is 6.06. The number of hydrogen-bond donors (Lipinski definition) is 2. The van der Waals surface area contributed by atoms with E-state index in [2.05, 4.69) is 19.2 Å². The molecule has 3 N–H and O–H groups in total. The molecular formula is C18H31ClN2O2. The van der Waals surface area contributed by atoms with Crippen LogP contribution in [0.5, 0.6) is 5.75 Å². The SMILES string of the molecule is CCCC(N)C(=O)NC(CC(C)C)c1ccccc1OCC.Cl. The van der Waals surface area contributed by atoms with Crippen molar-refractivity contribution in [2.75, 3.05) is 6.61 Å². The molecule has 1 aromatic carbocycles. The molecule has 0 aliphatic rings. The Morgan fingerprint density at radius 3 is 2.48 bits per heavy atom. The molecule has 2 atom stereocenters. The van der Waals surface area contributed by atoms with Gasteiger partial charge in [0.2, 0.25) is 5.91 Å². The van der Waals surface area contributed by atoms with E-state index in [-0.39, 0.29) is 24.4 Å². The first-order chi connectivity index (χ1) is 10.5. The van der Waals surface area contributed by atoms with Gasteiger partial charge >= 0.3 is 0 Å². The molecule has 4 nitrogen and oxygen atoms in total. The van der Waals surface area contributed by atoms with Gasteiger partial charge in [-0.15, -0.1) is 12.4 Å². The van der Waals surface area contributed by atoms with Crippen LogP contribution in [-0.4, -0.2) is 18.6 Å². The average molecular weight is 343 g/mol. The van der Waals surface area contributed by atoms with Crippen molar-refractivity contribution in [2.45, 2.75) is 59.0 Å². The Morgan fingerprint density at radius 2 is 1.91 bits per heavy atom. The molecule has 1 amide bonds. The van der Waals surface area contributed by atoms with Gasteiger partial charge in [-0.2, -0.15) is 0 Å². The van der Waals surface area contributed by atoms with Crippen LogP contribution < -0.4 is 15.8 Å².